The lowest BCUT2D eigenvalue weighted by Crippen LogP contribution is -2.41. The Balaban J connectivity index is 0.00000128. The number of carbonyl (C=O) groups is 1. The lowest BCUT2D eigenvalue weighted by atomic mass is 10.1. The van der Waals surface area contributed by atoms with Crippen LogP contribution in [0.15, 0.2) is 0 Å². The van der Waals surface area contributed by atoms with E-state index in [1.807, 2.05) is 27.8 Å². The van der Waals surface area contributed by atoms with E-state index in [1.165, 1.54) is 0 Å². The number of aryl methyl sites for hydroxylation is 1. The Morgan fingerprint density at radius 2 is 1.90 bits per heavy atom. The number of rotatable bonds is 3. The molecule has 0 aromatic carbocycles. The van der Waals surface area contributed by atoms with Gasteiger partial charge in [0.05, 0.1) is 13.2 Å². The molecule has 6 nitrogen and oxygen atoms in total. The summed E-state index contributed by atoms with van der Waals surface area (Å²) in [5.41, 5.74) is 2.24. The van der Waals surface area contributed by atoms with E-state index in [0.29, 0.717) is 38.4 Å². The number of morpholine rings is 1. The van der Waals surface area contributed by atoms with Gasteiger partial charge in [-0.25, -0.2) is 0 Å². The summed E-state index contributed by atoms with van der Waals surface area (Å²) >= 11 is 0. The number of amides is 1. The quantitative estimate of drug-likeness (QED) is 0.916. The summed E-state index contributed by atoms with van der Waals surface area (Å²) in [5, 5.41) is 13.4. The summed E-state index contributed by atoms with van der Waals surface area (Å²) in [6, 6.07) is 0. The highest BCUT2D eigenvalue weighted by atomic mass is 16.5. The molecule has 0 aliphatic carbocycles. The first-order chi connectivity index (χ1) is 9.65. The molecule has 2 rings (SSSR count). The fraction of sp³-hybridized carbons (Fsp3) is 0.733. The number of nitrogens with zero attached hydrogens (tertiary/aromatic N) is 3. The molecule has 1 aliphatic rings. The average molecular weight is 299 g/mol. The van der Waals surface area contributed by atoms with Crippen LogP contribution in [0.3, 0.4) is 0 Å². The topological polar surface area (TPSA) is 67.6 Å². The van der Waals surface area contributed by atoms with E-state index in [0.717, 1.165) is 11.3 Å². The monoisotopic (exact) mass is 299 g/mol. The molecule has 1 fully saturated rings. The Morgan fingerprint density at radius 3 is 2.43 bits per heavy atom. The standard InChI is InChI=1S/C12H19N3O3.C2H6.CH4/c1-9-10(3-6-16)11(13-14(9)2)12(17)15-4-7-18-8-5-15;1-2;/h16H,3-8H2,1-2H3;1-2H3;1H4. The van der Waals surface area contributed by atoms with Crippen molar-refractivity contribution in [1.29, 1.82) is 0 Å². The molecule has 122 valence electrons. The summed E-state index contributed by atoms with van der Waals surface area (Å²) in [6.45, 7) is 8.30. The maximum Gasteiger partial charge on any atom is 0.274 e. The normalized spacial score (nSPS) is 14.0. The molecular weight excluding hydrogens is 270 g/mol. The predicted octanol–water partition coefficient (Wildman–Crippen LogP) is 1.40. The van der Waals surface area contributed by atoms with Gasteiger partial charge in [-0.05, 0) is 13.3 Å². The largest absolute Gasteiger partial charge is 0.396 e. The van der Waals surface area contributed by atoms with Crippen LogP contribution in [-0.2, 0) is 18.2 Å². The Kier molecular flexibility index (Phi) is 8.89. The predicted molar refractivity (Wildman–Crippen MR) is 83.5 cm³/mol. The Hall–Kier alpha value is -1.40. The van der Waals surface area contributed by atoms with Crippen LogP contribution in [0.1, 0.15) is 43.0 Å². The number of hydrogen-bond donors (Lipinski definition) is 1. The van der Waals surface area contributed by atoms with Gasteiger partial charge in [-0.2, -0.15) is 5.10 Å². The first-order valence-corrected chi connectivity index (χ1v) is 7.15. The molecule has 0 spiro atoms. The SMILES string of the molecule is C.CC.Cc1c(CCO)c(C(=O)N2CCOCC2)nn1C. The molecular formula is C15H29N3O3. The number of hydrogen-bond acceptors (Lipinski definition) is 4. The van der Waals surface area contributed by atoms with E-state index in [-0.39, 0.29) is 19.9 Å². The molecule has 2 heterocycles. The van der Waals surface area contributed by atoms with Gasteiger partial charge in [-0.1, -0.05) is 21.3 Å². The zero-order valence-corrected chi connectivity index (χ0v) is 12.8. The minimum absolute atomic E-state index is 0. The van der Waals surface area contributed by atoms with Gasteiger partial charge in [0.25, 0.3) is 5.91 Å². The van der Waals surface area contributed by atoms with Crippen molar-refractivity contribution in [2.24, 2.45) is 7.05 Å². The van der Waals surface area contributed by atoms with Crippen LogP contribution < -0.4 is 0 Å². The van der Waals surface area contributed by atoms with Crippen molar-refractivity contribution < 1.29 is 14.6 Å². The molecule has 0 radical (unpaired) electrons. The highest BCUT2D eigenvalue weighted by molar-refractivity contribution is 5.94. The third kappa shape index (κ3) is 4.54. The van der Waals surface area contributed by atoms with Gasteiger partial charge in [-0.3, -0.25) is 9.48 Å². The van der Waals surface area contributed by atoms with Crippen molar-refractivity contribution >= 4 is 5.91 Å². The second-order valence-corrected chi connectivity index (χ2v) is 4.41. The molecule has 1 aliphatic heterocycles. The maximum atomic E-state index is 12.4. The molecule has 0 saturated carbocycles. The van der Waals surface area contributed by atoms with Gasteiger partial charge in [-0.15, -0.1) is 0 Å². The van der Waals surface area contributed by atoms with Crippen molar-refractivity contribution in [2.75, 3.05) is 32.9 Å². The maximum absolute atomic E-state index is 12.4. The first kappa shape index (κ1) is 19.6. The van der Waals surface area contributed by atoms with Gasteiger partial charge >= 0.3 is 0 Å². The van der Waals surface area contributed by atoms with Gasteiger partial charge in [0.2, 0.25) is 0 Å². The van der Waals surface area contributed by atoms with Gasteiger partial charge in [0.1, 0.15) is 0 Å². The van der Waals surface area contributed by atoms with Crippen molar-refractivity contribution in [3.8, 4) is 0 Å². The molecule has 1 aromatic heterocycles. The Morgan fingerprint density at radius 1 is 1.33 bits per heavy atom. The number of aromatic nitrogens is 2. The lowest BCUT2D eigenvalue weighted by molar-refractivity contribution is 0.0297. The van der Waals surface area contributed by atoms with E-state index in [2.05, 4.69) is 5.10 Å². The molecule has 0 atom stereocenters. The average Bonchev–Trinajstić information content (AvgIpc) is 2.78. The second kappa shape index (κ2) is 9.52. The Bertz CT molecular complexity index is 438. The number of ether oxygens (including phenoxy) is 1. The summed E-state index contributed by atoms with van der Waals surface area (Å²) in [6.07, 6.45) is 0.463. The van der Waals surface area contributed by atoms with E-state index in [1.54, 1.807) is 9.58 Å². The van der Waals surface area contributed by atoms with Gasteiger partial charge in [0.15, 0.2) is 5.69 Å². The van der Waals surface area contributed by atoms with E-state index in [9.17, 15) is 4.79 Å². The third-order valence-electron chi connectivity index (χ3n) is 3.32. The van der Waals surface area contributed by atoms with Crippen LogP contribution in [0, 0.1) is 6.92 Å². The molecule has 6 heteroatoms. The first-order valence-electron chi connectivity index (χ1n) is 7.15. The Labute approximate surface area is 127 Å². The zero-order valence-electron chi connectivity index (χ0n) is 12.8. The lowest BCUT2D eigenvalue weighted by Gasteiger charge is -2.26. The van der Waals surface area contributed by atoms with Crippen molar-refractivity contribution in [3.63, 3.8) is 0 Å². The minimum atomic E-state index is -0.0644. The third-order valence-corrected chi connectivity index (χ3v) is 3.32. The molecule has 1 amide bonds. The van der Waals surface area contributed by atoms with E-state index in [4.69, 9.17) is 9.84 Å². The van der Waals surface area contributed by atoms with Gasteiger partial charge < -0.3 is 14.7 Å². The number of aliphatic hydroxyl groups excluding tert-OH is 1. The molecule has 1 saturated heterocycles. The molecule has 21 heavy (non-hydrogen) atoms. The minimum Gasteiger partial charge on any atom is -0.396 e. The van der Waals surface area contributed by atoms with Crippen molar-refractivity contribution in [1.82, 2.24) is 14.7 Å². The van der Waals surface area contributed by atoms with Crippen LogP contribution in [-0.4, -0.2) is 58.6 Å². The van der Waals surface area contributed by atoms with E-state index < -0.39 is 0 Å². The molecule has 0 unspecified atom stereocenters. The summed E-state index contributed by atoms with van der Waals surface area (Å²) in [7, 11) is 1.81. The van der Waals surface area contributed by atoms with E-state index >= 15 is 0 Å². The molecule has 1 N–H and O–H groups in total. The smallest absolute Gasteiger partial charge is 0.274 e. The van der Waals surface area contributed by atoms with Gasteiger partial charge in [0, 0.05) is 38.0 Å². The van der Waals surface area contributed by atoms with Crippen LogP contribution in [0.4, 0.5) is 0 Å². The highest BCUT2D eigenvalue weighted by Gasteiger charge is 2.25. The number of carbonyl (C=O) groups excluding carboxylic acids is 1. The summed E-state index contributed by atoms with van der Waals surface area (Å²) < 4.78 is 6.93. The van der Waals surface area contributed by atoms with Crippen molar-refractivity contribution in [3.05, 3.63) is 17.0 Å². The molecule has 0 bridgehead atoms. The fourth-order valence-corrected chi connectivity index (χ4v) is 2.15. The number of aliphatic hydroxyl groups is 1. The van der Waals surface area contributed by atoms with Crippen LogP contribution in [0.25, 0.3) is 0 Å². The summed E-state index contributed by atoms with van der Waals surface area (Å²) in [4.78, 5) is 14.1. The van der Waals surface area contributed by atoms with Crippen molar-refractivity contribution in [2.45, 2.75) is 34.6 Å². The zero-order chi connectivity index (χ0) is 15.1. The van der Waals surface area contributed by atoms with Crippen LogP contribution in [0.2, 0.25) is 0 Å². The van der Waals surface area contributed by atoms with Crippen LogP contribution in [0.5, 0.6) is 0 Å². The molecule has 1 aromatic rings. The van der Waals surface area contributed by atoms with Crippen LogP contribution >= 0.6 is 0 Å². The fourth-order valence-electron chi connectivity index (χ4n) is 2.15. The highest BCUT2D eigenvalue weighted by Crippen LogP contribution is 2.16. The second-order valence-electron chi connectivity index (χ2n) is 4.41. The summed E-state index contributed by atoms with van der Waals surface area (Å²) in [5.74, 6) is -0.0644.